The molecule has 0 saturated carbocycles. The highest BCUT2D eigenvalue weighted by atomic mass is 16.1. The van der Waals surface area contributed by atoms with E-state index < -0.39 is 0 Å². The van der Waals surface area contributed by atoms with Gasteiger partial charge in [0, 0.05) is 11.7 Å². The number of carbonyl (C=O) groups is 1. The van der Waals surface area contributed by atoms with E-state index in [0.29, 0.717) is 11.3 Å². The van der Waals surface area contributed by atoms with Gasteiger partial charge in [0.2, 0.25) is 0 Å². The van der Waals surface area contributed by atoms with Crippen molar-refractivity contribution in [2.45, 2.75) is 103 Å². The number of unbranched alkanes of at least 4 members (excludes halogenated alkanes) is 9. The SMILES string of the molecule is CCCCCCCCCCCCC(CCC)NC(=O)c1ccccc1N. The minimum atomic E-state index is -0.0337. The summed E-state index contributed by atoms with van der Waals surface area (Å²) in [6.45, 7) is 4.44. The molecule has 0 bridgehead atoms. The van der Waals surface area contributed by atoms with Gasteiger partial charge >= 0.3 is 0 Å². The van der Waals surface area contributed by atoms with Gasteiger partial charge in [-0.05, 0) is 25.0 Å². The molecule has 1 atom stereocenters. The standard InChI is InChI=1S/C23H40N2O/c1-3-5-6-7-8-9-10-11-12-13-17-20(16-4-2)25-23(26)21-18-14-15-19-22(21)24/h14-15,18-20H,3-13,16-17,24H2,1-2H3,(H,25,26). The average molecular weight is 361 g/mol. The molecule has 3 nitrogen and oxygen atoms in total. The summed E-state index contributed by atoms with van der Waals surface area (Å²) in [6.07, 6.45) is 16.7. The number of rotatable bonds is 15. The zero-order valence-electron chi connectivity index (χ0n) is 17.1. The van der Waals surface area contributed by atoms with Crippen molar-refractivity contribution in [3.63, 3.8) is 0 Å². The topological polar surface area (TPSA) is 55.1 Å². The highest BCUT2D eigenvalue weighted by Crippen LogP contribution is 2.15. The smallest absolute Gasteiger partial charge is 0.253 e. The van der Waals surface area contributed by atoms with E-state index in [1.165, 1.54) is 64.2 Å². The molecule has 0 aliphatic rings. The quantitative estimate of drug-likeness (QED) is 0.278. The number of hydrogen-bond donors (Lipinski definition) is 2. The van der Waals surface area contributed by atoms with Crippen LogP contribution in [0.15, 0.2) is 24.3 Å². The van der Waals surface area contributed by atoms with Crippen LogP contribution in [-0.2, 0) is 0 Å². The summed E-state index contributed by atoms with van der Waals surface area (Å²) in [7, 11) is 0. The van der Waals surface area contributed by atoms with Crippen LogP contribution in [0.5, 0.6) is 0 Å². The van der Waals surface area contributed by atoms with Crippen LogP contribution in [0.2, 0.25) is 0 Å². The predicted octanol–water partition coefficient (Wildman–Crippen LogP) is 6.48. The van der Waals surface area contributed by atoms with Crippen molar-refractivity contribution in [2.75, 3.05) is 5.73 Å². The van der Waals surface area contributed by atoms with Crippen LogP contribution in [0.4, 0.5) is 5.69 Å². The maximum absolute atomic E-state index is 12.4. The van der Waals surface area contributed by atoms with Crippen molar-refractivity contribution < 1.29 is 4.79 Å². The fourth-order valence-electron chi connectivity index (χ4n) is 3.48. The molecule has 0 aromatic heterocycles. The lowest BCUT2D eigenvalue weighted by Crippen LogP contribution is -2.35. The molecule has 1 aromatic rings. The van der Waals surface area contributed by atoms with E-state index in [1.807, 2.05) is 12.1 Å². The first kappa shape index (κ1) is 22.5. The number of amides is 1. The van der Waals surface area contributed by atoms with Crippen molar-refractivity contribution in [3.05, 3.63) is 29.8 Å². The Hall–Kier alpha value is -1.51. The Morgan fingerprint density at radius 2 is 1.42 bits per heavy atom. The third-order valence-electron chi connectivity index (χ3n) is 5.08. The van der Waals surface area contributed by atoms with Gasteiger partial charge in [0.05, 0.1) is 5.56 Å². The number of para-hydroxylation sites is 1. The summed E-state index contributed by atoms with van der Waals surface area (Å²) in [5, 5.41) is 3.19. The maximum Gasteiger partial charge on any atom is 0.253 e. The molecule has 1 unspecified atom stereocenters. The van der Waals surface area contributed by atoms with Gasteiger partial charge in [-0.25, -0.2) is 0 Å². The summed E-state index contributed by atoms with van der Waals surface area (Å²) in [6, 6.07) is 7.57. The van der Waals surface area contributed by atoms with Gasteiger partial charge in [-0.3, -0.25) is 4.79 Å². The first-order chi connectivity index (χ1) is 12.7. The number of nitrogens with one attached hydrogen (secondary N) is 1. The van der Waals surface area contributed by atoms with Gasteiger partial charge in [-0.15, -0.1) is 0 Å². The highest BCUT2D eigenvalue weighted by Gasteiger charge is 2.14. The van der Waals surface area contributed by atoms with Gasteiger partial charge in [0.25, 0.3) is 5.91 Å². The van der Waals surface area contributed by atoms with Crippen molar-refractivity contribution in [1.29, 1.82) is 0 Å². The van der Waals surface area contributed by atoms with E-state index in [4.69, 9.17) is 5.73 Å². The van der Waals surface area contributed by atoms with Crippen molar-refractivity contribution in [1.82, 2.24) is 5.32 Å². The summed E-state index contributed by atoms with van der Waals surface area (Å²) in [4.78, 5) is 12.4. The van der Waals surface area contributed by atoms with Gasteiger partial charge in [-0.2, -0.15) is 0 Å². The molecule has 26 heavy (non-hydrogen) atoms. The molecule has 1 aromatic carbocycles. The Labute approximate surface area is 161 Å². The van der Waals surface area contributed by atoms with E-state index >= 15 is 0 Å². The summed E-state index contributed by atoms with van der Waals surface area (Å²) in [5.74, 6) is -0.0337. The van der Waals surface area contributed by atoms with Crippen LogP contribution < -0.4 is 11.1 Å². The molecule has 3 heteroatoms. The van der Waals surface area contributed by atoms with Crippen LogP contribution in [0.1, 0.15) is 108 Å². The molecule has 1 rings (SSSR count). The fourth-order valence-corrected chi connectivity index (χ4v) is 3.48. The molecule has 1 amide bonds. The van der Waals surface area contributed by atoms with Gasteiger partial charge in [-0.1, -0.05) is 96.6 Å². The lowest BCUT2D eigenvalue weighted by Gasteiger charge is -2.18. The second kappa shape index (κ2) is 14.6. The molecule has 148 valence electrons. The van der Waals surface area contributed by atoms with E-state index in [9.17, 15) is 4.79 Å². The molecular weight excluding hydrogens is 320 g/mol. The minimum absolute atomic E-state index is 0.0337. The maximum atomic E-state index is 12.4. The molecule has 0 saturated heterocycles. The fraction of sp³-hybridized carbons (Fsp3) is 0.696. The third-order valence-corrected chi connectivity index (χ3v) is 5.08. The Kier molecular flexibility index (Phi) is 12.7. The largest absolute Gasteiger partial charge is 0.398 e. The lowest BCUT2D eigenvalue weighted by atomic mass is 10.0. The zero-order valence-corrected chi connectivity index (χ0v) is 17.1. The number of benzene rings is 1. The first-order valence-corrected chi connectivity index (χ1v) is 10.8. The zero-order chi connectivity index (χ0) is 19.0. The van der Waals surface area contributed by atoms with E-state index in [-0.39, 0.29) is 11.9 Å². The van der Waals surface area contributed by atoms with E-state index in [0.717, 1.165) is 19.3 Å². The molecule has 0 spiro atoms. The monoisotopic (exact) mass is 360 g/mol. The minimum Gasteiger partial charge on any atom is -0.398 e. The highest BCUT2D eigenvalue weighted by molar-refractivity contribution is 5.99. The molecule has 3 N–H and O–H groups in total. The van der Waals surface area contributed by atoms with Crippen molar-refractivity contribution in [2.24, 2.45) is 0 Å². The van der Waals surface area contributed by atoms with Crippen LogP contribution in [0.25, 0.3) is 0 Å². The predicted molar refractivity (Wildman–Crippen MR) is 113 cm³/mol. The molecule has 0 fully saturated rings. The molecule has 0 heterocycles. The van der Waals surface area contributed by atoms with E-state index in [2.05, 4.69) is 19.2 Å². The Morgan fingerprint density at radius 3 is 2.00 bits per heavy atom. The van der Waals surface area contributed by atoms with Gasteiger partial charge in [0.1, 0.15) is 0 Å². The Bertz CT molecular complexity index is 487. The molecule has 0 radical (unpaired) electrons. The summed E-state index contributed by atoms with van der Waals surface area (Å²) < 4.78 is 0. The van der Waals surface area contributed by atoms with Crippen LogP contribution in [0.3, 0.4) is 0 Å². The summed E-state index contributed by atoms with van der Waals surface area (Å²) in [5.41, 5.74) is 7.07. The lowest BCUT2D eigenvalue weighted by molar-refractivity contribution is 0.0933. The van der Waals surface area contributed by atoms with Crippen LogP contribution in [0, 0.1) is 0 Å². The molecular formula is C23H40N2O. The Balaban J connectivity index is 2.19. The van der Waals surface area contributed by atoms with Gasteiger partial charge in [0.15, 0.2) is 0 Å². The number of anilines is 1. The second-order valence-corrected chi connectivity index (χ2v) is 7.52. The number of nitrogens with two attached hydrogens (primary N) is 1. The van der Waals surface area contributed by atoms with Crippen molar-refractivity contribution >= 4 is 11.6 Å². The molecule has 0 aliphatic heterocycles. The van der Waals surface area contributed by atoms with Gasteiger partial charge < -0.3 is 11.1 Å². The second-order valence-electron chi connectivity index (χ2n) is 7.52. The Morgan fingerprint density at radius 1 is 0.846 bits per heavy atom. The number of hydrogen-bond acceptors (Lipinski definition) is 2. The third kappa shape index (κ3) is 9.84. The molecule has 0 aliphatic carbocycles. The normalized spacial score (nSPS) is 12.1. The average Bonchev–Trinajstić information content (AvgIpc) is 2.63. The van der Waals surface area contributed by atoms with Crippen LogP contribution >= 0.6 is 0 Å². The van der Waals surface area contributed by atoms with E-state index in [1.54, 1.807) is 12.1 Å². The summed E-state index contributed by atoms with van der Waals surface area (Å²) >= 11 is 0. The first-order valence-electron chi connectivity index (χ1n) is 10.8. The van der Waals surface area contributed by atoms with Crippen molar-refractivity contribution in [3.8, 4) is 0 Å². The van der Waals surface area contributed by atoms with Crippen LogP contribution in [-0.4, -0.2) is 11.9 Å². The number of nitrogen functional groups attached to an aromatic ring is 1. The number of carbonyl (C=O) groups excluding carboxylic acids is 1.